The van der Waals surface area contributed by atoms with Crippen LogP contribution in [0.4, 0.5) is 0 Å². The van der Waals surface area contributed by atoms with Crippen LogP contribution in [0.15, 0.2) is 60.7 Å². The van der Waals surface area contributed by atoms with Gasteiger partial charge in [-0.25, -0.2) is 0 Å². The highest BCUT2D eigenvalue weighted by atomic mass is 16.3. The first-order valence-corrected chi connectivity index (χ1v) is 7.63. The molecule has 0 radical (unpaired) electrons. The fourth-order valence-electron chi connectivity index (χ4n) is 4.42. The maximum Gasteiger partial charge on any atom is 0.123 e. The maximum absolute atomic E-state index is 11.5. The fourth-order valence-corrected chi connectivity index (χ4v) is 4.42. The van der Waals surface area contributed by atoms with Gasteiger partial charge in [-0.1, -0.05) is 60.7 Å². The molecular formula is C20H16O. The second-order valence-electron chi connectivity index (χ2n) is 6.27. The van der Waals surface area contributed by atoms with E-state index < -0.39 is 5.60 Å². The Hall–Kier alpha value is -2.12. The standard InChI is InChI=1S/C20H16O/c21-20-17-8-4-2-6-14(17)10-12-18(20)16-11-9-13-5-1-3-7-15(13)19(16)20/h1-9,11,18,21H,10,12H2. The third-order valence-corrected chi connectivity index (χ3v) is 5.35. The van der Waals surface area contributed by atoms with Gasteiger partial charge < -0.3 is 5.11 Å². The van der Waals surface area contributed by atoms with E-state index in [9.17, 15) is 5.11 Å². The molecule has 0 amide bonds. The van der Waals surface area contributed by atoms with Crippen LogP contribution in [0.1, 0.15) is 34.6 Å². The minimum absolute atomic E-state index is 0.256. The highest BCUT2D eigenvalue weighted by molar-refractivity contribution is 5.91. The van der Waals surface area contributed by atoms with Crippen LogP contribution in [0.25, 0.3) is 10.8 Å². The molecule has 0 saturated carbocycles. The largest absolute Gasteiger partial charge is 0.380 e. The number of benzene rings is 3. The number of aryl methyl sites for hydroxylation is 1. The van der Waals surface area contributed by atoms with Crippen molar-refractivity contribution in [2.24, 2.45) is 0 Å². The molecule has 0 bridgehead atoms. The third-order valence-electron chi connectivity index (χ3n) is 5.35. The predicted molar refractivity (Wildman–Crippen MR) is 84.5 cm³/mol. The Balaban J connectivity index is 1.87. The summed E-state index contributed by atoms with van der Waals surface area (Å²) in [7, 11) is 0. The summed E-state index contributed by atoms with van der Waals surface area (Å²) in [6, 6.07) is 21.2. The quantitative estimate of drug-likeness (QED) is 0.652. The second kappa shape index (κ2) is 3.75. The molecule has 3 aromatic carbocycles. The lowest BCUT2D eigenvalue weighted by Crippen LogP contribution is -2.47. The zero-order valence-electron chi connectivity index (χ0n) is 11.7. The molecule has 2 unspecified atom stereocenters. The van der Waals surface area contributed by atoms with Crippen LogP contribution in [0.3, 0.4) is 0 Å². The summed E-state index contributed by atoms with van der Waals surface area (Å²) in [5.41, 5.74) is 4.11. The summed E-state index contributed by atoms with van der Waals surface area (Å²) >= 11 is 0. The van der Waals surface area contributed by atoms with Crippen LogP contribution in [0, 0.1) is 0 Å². The van der Waals surface area contributed by atoms with Gasteiger partial charge in [0.1, 0.15) is 5.60 Å². The molecule has 1 nitrogen and oxygen atoms in total. The highest BCUT2D eigenvalue weighted by Gasteiger charge is 2.54. The van der Waals surface area contributed by atoms with Crippen molar-refractivity contribution in [2.45, 2.75) is 24.4 Å². The lowest BCUT2D eigenvalue weighted by atomic mass is 9.55. The first-order chi connectivity index (χ1) is 10.3. The number of aliphatic hydroxyl groups is 1. The van der Waals surface area contributed by atoms with Gasteiger partial charge in [0.05, 0.1) is 0 Å². The molecule has 0 aromatic heterocycles. The lowest BCUT2D eigenvalue weighted by molar-refractivity contribution is 0.0117. The minimum atomic E-state index is -0.787. The van der Waals surface area contributed by atoms with Crippen molar-refractivity contribution in [1.82, 2.24) is 0 Å². The minimum Gasteiger partial charge on any atom is -0.380 e. The molecule has 5 rings (SSSR count). The Bertz CT molecular complexity index is 880. The summed E-state index contributed by atoms with van der Waals surface area (Å²) in [6.45, 7) is 0. The first-order valence-electron chi connectivity index (χ1n) is 7.63. The van der Waals surface area contributed by atoms with Crippen molar-refractivity contribution >= 4 is 10.8 Å². The number of fused-ring (bicyclic) bond motifs is 8. The maximum atomic E-state index is 11.5. The van der Waals surface area contributed by atoms with Gasteiger partial charge in [-0.05, 0) is 40.3 Å². The van der Waals surface area contributed by atoms with Crippen molar-refractivity contribution in [1.29, 1.82) is 0 Å². The molecule has 1 heteroatoms. The van der Waals surface area contributed by atoms with Gasteiger partial charge in [0.2, 0.25) is 0 Å². The Morgan fingerprint density at radius 3 is 2.67 bits per heavy atom. The average molecular weight is 272 g/mol. The fraction of sp³-hybridized carbons (Fsp3) is 0.200. The van der Waals surface area contributed by atoms with Gasteiger partial charge in [0.25, 0.3) is 0 Å². The van der Waals surface area contributed by atoms with Gasteiger partial charge in [0.15, 0.2) is 0 Å². The van der Waals surface area contributed by atoms with Crippen molar-refractivity contribution < 1.29 is 5.11 Å². The Labute approximate surface area is 123 Å². The van der Waals surface area contributed by atoms with Gasteiger partial charge in [-0.3, -0.25) is 0 Å². The molecule has 2 aliphatic carbocycles. The Kier molecular flexibility index (Phi) is 2.06. The van der Waals surface area contributed by atoms with Crippen LogP contribution in [0.2, 0.25) is 0 Å². The smallest absolute Gasteiger partial charge is 0.123 e. The van der Waals surface area contributed by atoms with Gasteiger partial charge in [-0.15, -0.1) is 0 Å². The molecule has 102 valence electrons. The van der Waals surface area contributed by atoms with Gasteiger partial charge in [-0.2, -0.15) is 0 Å². The molecular weight excluding hydrogens is 256 g/mol. The highest BCUT2D eigenvalue weighted by Crippen LogP contribution is 2.60. The third kappa shape index (κ3) is 1.26. The van der Waals surface area contributed by atoms with Crippen molar-refractivity contribution in [3.63, 3.8) is 0 Å². The molecule has 1 N–H and O–H groups in total. The summed E-state index contributed by atoms with van der Waals surface area (Å²) in [4.78, 5) is 0. The van der Waals surface area contributed by atoms with Crippen LogP contribution in [-0.2, 0) is 12.0 Å². The van der Waals surface area contributed by atoms with E-state index in [0.29, 0.717) is 0 Å². The van der Waals surface area contributed by atoms with Crippen molar-refractivity contribution in [2.75, 3.05) is 0 Å². The number of rotatable bonds is 0. The molecule has 0 heterocycles. The lowest BCUT2D eigenvalue weighted by Gasteiger charge is -2.52. The second-order valence-corrected chi connectivity index (χ2v) is 6.27. The van der Waals surface area contributed by atoms with E-state index in [2.05, 4.69) is 54.6 Å². The first kappa shape index (κ1) is 11.5. The molecule has 0 fully saturated rings. The van der Waals surface area contributed by atoms with E-state index in [4.69, 9.17) is 0 Å². The van der Waals surface area contributed by atoms with E-state index in [0.717, 1.165) is 24.0 Å². The van der Waals surface area contributed by atoms with E-state index in [-0.39, 0.29) is 5.92 Å². The van der Waals surface area contributed by atoms with Crippen LogP contribution in [-0.4, -0.2) is 5.11 Å². The summed E-state index contributed by atoms with van der Waals surface area (Å²) in [6.07, 6.45) is 2.11. The molecule has 0 aliphatic heterocycles. The molecule has 2 aliphatic rings. The van der Waals surface area contributed by atoms with Crippen molar-refractivity contribution in [3.8, 4) is 0 Å². The summed E-state index contributed by atoms with van der Waals surface area (Å²) in [5.74, 6) is 0.256. The predicted octanol–water partition coefficient (Wildman–Crippen LogP) is 4.12. The molecule has 21 heavy (non-hydrogen) atoms. The van der Waals surface area contributed by atoms with Crippen LogP contribution >= 0.6 is 0 Å². The Morgan fingerprint density at radius 2 is 1.71 bits per heavy atom. The van der Waals surface area contributed by atoms with Crippen LogP contribution in [0.5, 0.6) is 0 Å². The van der Waals surface area contributed by atoms with E-state index in [1.165, 1.54) is 21.9 Å². The van der Waals surface area contributed by atoms with E-state index in [1.807, 2.05) is 6.07 Å². The number of hydrogen-bond acceptors (Lipinski definition) is 1. The summed E-state index contributed by atoms with van der Waals surface area (Å²) < 4.78 is 0. The van der Waals surface area contributed by atoms with Crippen molar-refractivity contribution in [3.05, 3.63) is 82.9 Å². The normalized spacial score (nSPS) is 25.7. The number of hydrogen-bond donors (Lipinski definition) is 1. The van der Waals surface area contributed by atoms with Crippen LogP contribution < -0.4 is 0 Å². The zero-order valence-corrected chi connectivity index (χ0v) is 11.7. The SMILES string of the molecule is OC12c3ccccc3CCC1c1ccc3ccccc3c12. The Morgan fingerprint density at radius 1 is 0.905 bits per heavy atom. The monoisotopic (exact) mass is 272 g/mol. The van der Waals surface area contributed by atoms with E-state index >= 15 is 0 Å². The van der Waals surface area contributed by atoms with Gasteiger partial charge in [0, 0.05) is 11.5 Å². The zero-order chi connectivity index (χ0) is 14.0. The van der Waals surface area contributed by atoms with E-state index in [1.54, 1.807) is 0 Å². The average Bonchev–Trinajstić information content (AvgIpc) is 2.53. The molecule has 3 aromatic rings. The summed E-state index contributed by atoms with van der Waals surface area (Å²) in [5, 5.41) is 13.9. The molecule has 0 saturated heterocycles. The van der Waals surface area contributed by atoms with Gasteiger partial charge >= 0.3 is 0 Å². The molecule has 2 atom stereocenters. The molecule has 0 spiro atoms. The topological polar surface area (TPSA) is 20.2 Å².